The van der Waals surface area contributed by atoms with E-state index < -0.39 is 0 Å². The van der Waals surface area contributed by atoms with Crippen molar-refractivity contribution in [3.05, 3.63) is 0 Å². The van der Waals surface area contributed by atoms with Crippen LogP contribution in [0.1, 0.15) is 20.8 Å². The van der Waals surface area contributed by atoms with Gasteiger partial charge in [0.2, 0.25) is 0 Å². The predicted molar refractivity (Wildman–Crippen MR) is 37.1 cm³/mol. The normalized spacial score (nSPS) is 10.3. The van der Waals surface area contributed by atoms with E-state index in [-0.39, 0.29) is 19.1 Å². The van der Waals surface area contributed by atoms with Gasteiger partial charge in [0.25, 0.3) is 0 Å². The van der Waals surface area contributed by atoms with Gasteiger partial charge in [-0.25, -0.2) is 0 Å². The average Bonchev–Trinajstić information content (AvgIpc) is 1.35. The fourth-order valence-corrected chi connectivity index (χ4v) is 0. The molecule has 7 heavy (non-hydrogen) atoms. The van der Waals surface area contributed by atoms with E-state index in [0.717, 1.165) is 0 Å². The van der Waals surface area contributed by atoms with Gasteiger partial charge in [0.15, 0.2) is 0 Å². The van der Waals surface area contributed by atoms with E-state index in [1.807, 2.05) is 20.8 Å². The summed E-state index contributed by atoms with van der Waals surface area (Å²) in [6.45, 7) is 6.06. The van der Waals surface area contributed by atoms with Gasteiger partial charge in [-0.05, 0) is 20.8 Å². The van der Waals surface area contributed by atoms with Crippen LogP contribution in [0, 0.1) is 0 Å². The second kappa shape index (κ2) is 3.33. The molecule has 0 aliphatic carbocycles. The van der Waals surface area contributed by atoms with Gasteiger partial charge in [-0.3, -0.25) is 0 Å². The molecule has 0 atom stereocenters. The van der Waals surface area contributed by atoms with Gasteiger partial charge >= 0.3 is 0 Å². The number of rotatable bonds is 0. The Kier molecular flexibility index (Phi) is 4.91. The molecule has 0 bridgehead atoms. The van der Waals surface area contributed by atoms with E-state index in [9.17, 15) is 0 Å². The lowest BCUT2D eigenvalue weighted by atomic mass is 10.2. The first-order valence-corrected chi connectivity index (χ1v) is 2.11. The van der Waals surface area contributed by atoms with Gasteiger partial charge in [-0.1, -0.05) is 0 Å². The molecule has 0 aromatic heterocycles. The van der Waals surface area contributed by atoms with Gasteiger partial charge in [0.05, 0.1) is 5.60 Å². The molecule has 0 saturated heterocycles. The van der Waals surface area contributed by atoms with Gasteiger partial charge in [0, 0.05) is 7.11 Å². The third-order valence-corrected chi connectivity index (χ3v) is 0.612. The van der Waals surface area contributed by atoms with Gasteiger partial charge in [-0.2, -0.15) is 13.5 Å². The molecule has 0 aliphatic rings. The van der Waals surface area contributed by atoms with Crippen molar-refractivity contribution >= 4 is 13.5 Å². The zero-order chi connectivity index (χ0) is 5.21. The summed E-state index contributed by atoms with van der Waals surface area (Å²) < 4.78 is 4.94. The predicted octanol–water partition coefficient (Wildman–Crippen LogP) is 1.54. The first-order valence-electron chi connectivity index (χ1n) is 2.11. The summed E-state index contributed by atoms with van der Waals surface area (Å²) in [7, 11) is 1.71. The monoisotopic (exact) mass is 122 g/mol. The van der Waals surface area contributed by atoms with Crippen LogP contribution in [0.2, 0.25) is 0 Å². The summed E-state index contributed by atoms with van der Waals surface area (Å²) in [4.78, 5) is 0. The van der Waals surface area contributed by atoms with E-state index in [0.29, 0.717) is 0 Å². The quantitative estimate of drug-likeness (QED) is 0.473. The summed E-state index contributed by atoms with van der Waals surface area (Å²) in [6, 6.07) is 0. The Bertz CT molecular complexity index is 37.8. The second-order valence-corrected chi connectivity index (χ2v) is 2.32. The molecule has 0 fully saturated rings. The highest BCUT2D eigenvalue weighted by Crippen LogP contribution is 2.02. The minimum Gasteiger partial charge on any atom is -0.379 e. The van der Waals surface area contributed by atoms with E-state index in [2.05, 4.69) is 0 Å². The number of ether oxygens (including phenoxy) is 1. The molecule has 46 valence electrons. The summed E-state index contributed by atoms with van der Waals surface area (Å²) >= 11 is 0. The van der Waals surface area contributed by atoms with E-state index >= 15 is 0 Å². The van der Waals surface area contributed by atoms with Crippen LogP contribution >= 0.6 is 13.5 Å². The van der Waals surface area contributed by atoms with Crippen LogP contribution in [0.25, 0.3) is 0 Å². The molecule has 0 aliphatic heterocycles. The fourth-order valence-electron chi connectivity index (χ4n) is 0. The summed E-state index contributed by atoms with van der Waals surface area (Å²) in [6.07, 6.45) is 0. The van der Waals surface area contributed by atoms with E-state index in [1.54, 1.807) is 7.11 Å². The molecular formula is C5H14OS. The van der Waals surface area contributed by atoms with Crippen LogP contribution in [0.4, 0.5) is 0 Å². The largest absolute Gasteiger partial charge is 0.379 e. The van der Waals surface area contributed by atoms with Crippen LogP contribution in [-0.4, -0.2) is 12.7 Å². The third-order valence-electron chi connectivity index (χ3n) is 0.612. The van der Waals surface area contributed by atoms with Gasteiger partial charge in [-0.15, -0.1) is 0 Å². The number of hydrogen-bond acceptors (Lipinski definition) is 1. The summed E-state index contributed by atoms with van der Waals surface area (Å²) in [5.41, 5.74) is 0.0417. The Morgan fingerprint density at radius 1 is 1.14 bits per heavy atom. The molecule has 0 aromatic carbocycles. The molecule has 0 unspecified atom stereocenters. The molecule has 0 radical (unpaired) electrons. The highest BCUT2D eigenvalue weighted by Gasteiger charge is 2.03. The molecule has 0 spiro atoms. The topological polar surface area (TPSA) is 9.23 Å². The average molecular weight is 122 g/mol. The number of methoxy groups -OCH3 is 1. The second-order valence-electron chi connectivity index (χ2n) is 2.32. The molecule has 0 N–H and O–H groups in total. The first-order chi connectivity index (χ1) is 2.56. The SMILES string of the molecule is COC(C)(C)C.S. The van der Waals surface area contributed by atoms with Crippen molar-refractivity contribution < 1.29 is 4.74 Å². The van der Waals surface area contributed by atoms with Crippen LogP contribution in [0.15, 0.2) is 0 Å². The zero-order valence-corrected chi connectivity index (χ0v) is 6.41. The lowest BCUT2D eigenvalue weighted by Crippen LogP contribution is -2.15. The maximum Gasteiger partial charge on any atom is 0.0594 e. The first kappa shape index (κ1) is 10.3. The van der Waals surface area contributed by atoms with Crippen LogP contribution in [0.5, 0.6) is 0 Å². The molecular weight excluding hydrogens is 108 g/mol. The molecule has 0 aromatic rings. The Labute approximate surface area is 52.5 Å². The van der Waals surface area contributed by atoms with Crippen molar-refractivity contribution in [3.8, 4) is 0 Å². The Hall–Kier alpha value is 0.310. The van der Waals surface area contributed by atoms with Crippen molar-refractivity contribution in [1.29, 1.82) is 0 Å². The molecule has 0 saturated carbocycles. The van der Waals surface area contributed by atoms with Crippen molar-refractivity contribution in [2.24, 2.45) is 0 Å². The van der Waals surface area contributed by atoms with Gasteiger partial charge < -0.3 is 4.74 Å². The fraction of sp³-hybridized carbons (Fsp3) is 1.00. The van der Waals surface area contributed by atoms with Crippen molar-refractivity contribution in [2.45, 2.75) is 26.4 Å². The highest BCUT2D eigenvalue weighted by molar-refractivity contribution is 7.59. The van der Waals surface area contributed by atoms with E-state index in [4.69, 9.17) is 4.74 Å². The summed E-state index contributed by atoms with van der Waals surface area (Å²) in [5, 5.41) is 0. The van der Waals surface area contributed by atoms with Crippen molar-refractivity contribution in [1.82, 2.24) is 0 Å². The lowest BCUT2D eigenvalue weighted by Gasteiger charge is -2.14. The Morgan fingerprint density at radius 3 is 1.29 bits per heavy atom. The number of hydrogen-bond donors (Lipinski definition) is 0. The Morgan fingerprint density at radius 2 is 1.29 bits per heavy atom. The minimum atomic E-state index is 0. The molecule has 0 amide bonds. The third kappa shape index (κ3) is 10.7. The van der Waals surface area contributed by atoms with Crippen LogP contribution < -0.4 is 0 Å². The standard InChI is InChI=1S/C5H12O.H2S/c1-5(2,3)6-4;/h1-4H3;1H2. The van der Waals surface area contributed by atoms with E-state index in [1.165, 1.54) is 0 Å². The smallest absolute Gasteiger partial charge is 0.0594 e. The van der Waals surface area contributed by atoms with Crippen molar-refractivity contribution in [2.75, 3.05) is 7.11 Å². The lowest BCUT2D eigenvalue weighted by molar-refractivity contribution is 0.0397. The van der Waals surface area contributed by atoms with Crippen LogP contribution in [-0.2, 0) is 4.74 Å². The van der Waals surface area contributed by atoms with Crippen molar-refractivity contribution in [3.63, 3.8) is 0 Å². The molecule has 0 rings (SSSR count). The summed E-state index contributed by atoms with van der Waals surface area (Å²) in [5.74, 6) is 0. The Balaban J connectivity index is 0. The maximum absolute atomic E-state index is 4.94. The zero-order valence-electron chi connectivity index (χ0n) is 5.41. The highest BCUT2D eigenvalue weighted by atomic mass is 32.1. The molecule has 0 heterocycles. The minimum absolute atomic E-state index is 0. The molecule has 2 heteroatoms. The van der Waals surface area contributed by atoms with Crippen LogP contribution in [0.3, 0.4) is 0 Å². The van der Waals surface area contributed by atoms with Gasteiger partial charge in [0.1, 0.15) is 0 Å². The maximum atomic E-state index is 4.94. The molecule has 1 nitrogen and oxygen atoms in total.